The second-order valence-electron chi connectivity index (χ2n) is 6.97. The van der Waals surface area contributed by atoms with Gasteiger partial charge in [0.2, 0.25) is 0 Å². The number of methoxy groups -OCH3 is 1. The molecule has 4 aromatic rings. The number of hydrogen-bond acceptors (Lipinski definition) is 3. The Morgan fingerprint density at radius 1 is 0.774 bits per heavy atom. The zero-order valence-corrected chi connectivity index (χ0v) is 17.3. The van der Waals surface area contributed by atoms with Crippen LogP contribution in [0.5, 0.6) is 11.5 Å². The summed E-state index contributed by atoms with van der Waals surface area (Å²) >= 11 is 0. The third kappa shape index (κ3) is 4.95. The average Bonchev–Trinajstić information content (AvgIpc) is 3.35. The van der Waals surface area contributed by atoms with E-state index >= 15 is 0 Å². The zero-order chi connectivity index (χ0) is 21.5. The molecule has 0 aliphatic heterocycles. The molecule has 0 aliphatic carbocycles. The second kappa shape index (κ2) is 9.67. The third-order valence-corrected chi connectivity index (χ3v) is 4.93. The molecule has 0 saturated carbocycles. The molecule has 0 saturated heterocycles. The minimum Gasteiger partial charge on any atom is -0.497 e. The summed E-state index contributed by atoms with van der Waals surface area (Å²) in [6.45, 7) is 1.35. The lowest BCUT2D eigenvalue weighted by Gasteiger charge is -2.23. The Hall–Kier alpha value is -3.99. The van der Waals surface area contributed by atoms with Gasteiger partial charge in [-0.1, -0.05) is 18.2 Å². The molecular formula is C26H24N2O3. The first-order chi connectivity index (χ1) is 15.2. The maximum absolute atomic E-state index is 13.3. The molecule has 0 unspecified atom stereocenters. The van der Waals surface area contributed by atoms with E-state index in [0.29, 0.717) is 12.2 Å². The van der Waals surface area contributed by atoms with Crippen LogP contribution in [0.1, 0.15) is 10.4 Å². The van der Waals surface area contributed by atoms with Crippen LogP contribution in [0.4, 0.5) is 11.4 Å². The van der Waals surface area contributed by atoms with Crippen LogP contribution >= 0.6 is 0 Å². The monoisotopic (exact) mass is 412 g/mol. The standard InChI is InChI=1S/C26H24N2O3/c1-30-24-13-9-22(10-14-24)28(26(29)21-7-3-2-4-8-21)23-11-15-25(16-12-23)31-20-19-27-17-5-6-18-27/h2-18H,19-20H2,1H3. The Labute approximate surface area is 182 Å². The van der Waals surface area contributed by atoms with Gasteiger partial charge in [0.1, 0.15) is 18.1 Å². The van der Waals surface area contributed by atoms with Crippen molar-refractivity contribution in [2.24, 2.45) is 0 Å². The highest BCUT2D eigenvalue weighted by Gasteiger charge is 2.20. The third-order valence-electron chi connectivity index (χ3n) is 4.93. The van der Waals surface area contributed by atoms with Gasteiger partial charge in [0.25, 0.3) is 5.91 Å². The van der Waals surface area contributed by atoms with E-state index in [1.165, 1.54) is 0 Å². The summed E-state index contributed by atoms with van der Waals surface area (Å²) in [5.41, 5.74) is 2.14. The molecule has 5 nitrogen and oxygen atoms in total. The second-order valence-corrected chi connectivity index (χ2v) is 6.97. The summed E-state index contributed by atoms with van der Waals surface area (Å²) < 4.78 is 13.2. The molecule has 0 N–H and O–H groups in total. The van der Waals surface area contributed by atoms with Crippen molar-refractivity contribution < 1.29 is 14.3 Å². The van der Waals surface area contributed by atoms with E-state index in [-0.39, 0.29) is 5.91 Å². The number of ether oxygens (including phenoxy) is 2. The van der Waals surface area contributed by atoms with Crippen LogP contribution in [0, 0.1) is 0 Å². The van der Waals surface area contributed by atoms with E-state index in [2.05, 4.69) is 4.57 Å². The number of amides is 1. The Morgan fingerprint density at radius 2 is 1.35 bits per heavy atom. The lowest BCUT2D eigenvalue weighted by Crippen LogP contribution is -2.25. The summed E-state index contributed by atoms with van der Waals surface area (Å²) in [6, 6.07) is 28.3. The van der Waals surface area contributed by atoms with Crippen LogP contribution in [0.2, 0.25) is 0 Å². The first kappa shape index (κ1) is 20.3. The van der Waals surface area contributed by atoms with Gasteiger partial charge in [0, 0.05) is 29.3 Å². The van der Waals surface area contributed by atoms with Crippen molar-refractivity contribution in [3.05, 3.63) is 109 Å². The molecule has 0 radical (unpaired) electrons. The van der Waals surface area contributed by atoms with Crippen molar-refractivity contribution in [1.29, 1.82) is 0 Å². The molecule has 0 aliphatic rings. The predicted octanol–water partition coefficient (Wildman–Crippen LogP) is 5.55. The first-order valence-electron chi connectivity index (χ1n) is 10.1. The number of benzene rings is 3. The maximum Gasteiger partial charge on any atom is 0.262 e. The van der Waals surface area contributed by atoms with E-state index in [9.17, 15) is 4.79 Å². The first-order valence-corrected chi connectivity index (χ1v) is 10.1. The zero-order valence-electron chi connectivity index (χ0n) is 17.3. The topological polar surface area (TPSA) is 43.7 Å². The molecule has 156 valence electrons. The van der Waals surface area contributed by atoms with Gasteiger partial charge in [-0.05, 0) is 72.8 Å². The number of hydrogen-bond donors (Lipinski definition) is 0. The van der Waals surface area contributed by atoms with Gasteiger partial charge in [-0.25, -0.2) is 0 Å². The van der Waals surface area contributed by atoms with Gasteiger partial charge in [0.15, 0.2) is 0 Å². The fourth-order valence-corrected chi connectivity index (χ4v) is 3.30. The fourth-order valence-electron chi connectivity index (χ4n) is 3.30. The highest BCUT2D eigenvalue weighted by atomic mass is 16.5. The van der Waals surface area contributed by atoms with Crippen molar-refractivity contribution >= 4 is 17.3 Å². The Morgan fingerprint density at radius 3 is 1.94 bits per heavy atom. The SMILES string of the molecule is COc1ccc(N(C(=O)c2ccccc2)c2ccc(OCCn3cccc3)cc2)cc1. The Bertz CT molecular complexity index is 1090. The van der Waals surface area contributed by atoms with E-state index < -0.39 is 0 Å². The number of nitrogens with zero attached hydrogens (tertiary/aromatic N) is 2. The van der Waals surface area contributed by atoms with Crippen LogP contribution in [0.15, 0.2) is 103 Å². The van der Waals surface area contributed by atoms with Crippen LogP contribution in [-0.4, -0.2) is 24.2 Å². The van der Waals surface area contributed by atoms with Crippen LogP contribution in [0.3, 0.4) is 0 Å². The molecule has 1 heterocycles. The number of rotatable bonds is 8. The number of carbonyl (C=O) groups is 1. The van der Waals surface area contributed by atoms with Crippen molar-refractivity contribution in [1.82, 2.24) is 4.57 Å². The molecule has 1 amide bonds. The van der Waals surface area contributed by atoms with Crippen LogP contribution in [-0.2, 0) is 6.54 Å². The number of aromatic nitrogens is 1. The number of carbonyl (C=O) groups excluding carboxylic acids is 1. The van der Waals surface area contributed by atoms with Gasteiger partial charge in [-0.15, -0.1) is 0 Å². The van der Waals surface area contributed by atoms with E-state index in [0.717, 1.165) is 29.4 Å². The minimum atomic E-state index is -0.105. The van der Waals surface area contributed by atoms with Gasteiger partial charge in [0.05, 0.1) is 13.7 Å². The molecule has 0 bridgehead atoms. The fraction of sp³-hybridized carbons (Fsp3) is 0.115. The largest absolute Gasteiger partial charge is 0.497 e. The highest BCUT2D eigenvalue weighted by Crippen LogP contribution is 2.30. The highest BCUT2D eigenvalue weighted by molar-refractivity contribution is 6.10. The summed E-state index contributed by atoms with van der Waals surface area (Å²) in [7, 11) is 1.62. The lowest BCUT2D eigenvalue weighted by molar-refractivity contribution is 0.0999. The molecule has 0 fully saturated rings. The Kier molecular flexibility index (Phi) is 6.33. The van der Waals surface area contributed by atoms with Crippen LogP contribution < -0.4 is 14.4 Å². The van der Waals surface area contributed by atoms with Crippen molar-refractivity contribution in [2.45, 2.75) is 6.54 Å². The van der Waals surface area contributed by atoms with Gasteiger partial charge in [-0.2, -0.15) is 0 Å². The maximum atomic E-state index is 13.3. The summed E-state index contributed by atoms with van der Waals surface area (Å²) in [5, 5.41) is 0. The van der Waals surface area contributed by atoms with Crippen molar-refractivity contribution in [3.63, 3.8) is 0 Å². The van der Waals surface area contributed by atoms with E-state index in [4.69, 9.17) is 9.47 Å². The predicted molar refractivity (Wildman–Crippen MR) is 122 cm³/mol. The van der Waals surface area contributed by atoms with E-state index in [1.807, 2.05) is 103 Å². The molecule has 3 aromatic carbocycles. The smallest absolute Gasteiger partial charge is 0.262 e. The molecule has 1 aromatic heterocycles. The van der Waals surface area contributed by atoms with Gasteiger partial charge < -0.3 is 14.0 Å². The molecule has 31 heavy (non-hydrogen) atoms. The summed E-state index contributed by atoms with van der Waals surface area (Å²) in [6.07, 6.45) is 4.02. The van der Waals surface area contributed by atoms with Crippen LogP contribution in [0.25, 0.3) is 0 Å². The minimum absolute atomic E-state index is 0.105. The van der Waals surface area contributed by atoms with Crippen molar-refractivity contribution in [2.75, 3.05) is 18.6 Å². The molecule has 0 atom stereocenters. The number of anilines is 2. The van der Waals surface area contributed by atoms with Gasteiger partial charge in [-0.3, -0.25) is 9.69 Å². The van der Waals surface area contributed by atoms with E-state index in [1.54, 1.807) is 12.0 Å². The summed E-state index contributed by atoms with van der Waals surface area (Å²) in [4.78, 5) is 15.0. The quantitative estimate of drug-likeness (QED) is 0.381. The molecule has 0 spiro atoms. The molecule has 5 heteroatoms. The summed E-state index contributed by atoms with van der Waals surface area (Å²) in [5.74, 6) is 1.40. The normalized spacial score (nSPS) is 10.5. The average molecular weight is 412 g/mol. The van der Waals surface area contributed by atoms with Crippen molar-refractivity contribution in [3.8, 4) is 11.5 Å². The lowest BCUT2D eigenvalue weighted by atomic mass is 10.1. The Balaban J connectivity index is 1.56. The molecule has 4 rings (SSSR count). The van der Waals surface area contributed by atoms with Gasteiger partial charge >= 0.3 is 0 Å². The molecular weight excluding hydrogens is 388 g/mol.